The van der Waals surface area contributed by atoms with Crippen molar-refractivity contribution >= 4 is 0 Å². The fraction of sp³-hybridized carbons (Fsp3) is 0.727. The standard InChI is InChI=1S/C22H39N/c1-6-20(17-22(5,7-2)8-3)14-15-23-18-19(4)16-21-12-10-9-11-13-21/h9-13,19-20,23H,6-8,14-18H2,1-5H3. The van der Waals surface area contributed by atoms with Gasteiger partial charge in [0.05, 0.1) is 0 Å². The first-order valence-corrected chi connectivity index (χ1v) is 9.77. The minimum atomic E-state index is 0.543. The SMILES string of the molecule is CCC(CCNCC(C)Cc1ccccc1)CC(C)(CC)CC. The quantitative estimate of drug-likeness (QED) is 0.460. The first kappa shape index (κ1) is 20.2. The van der Waals surface area contributed by atoms with Crippen LogP contribution in [-0.4, -0.2) is 13.1 Å². The first-order valence-electron chi connectivity index (χ1n) is 9.77. The zero-order valence-corrected chi connectivity index (χ0v) is 16.2. The van der Waals surface area contributed by atoms with Gasteiger partial charge >= 0.3 is 0 Å². The molecule has 0 saturated carbocycles. The summed E-state index contributed by atoms with van der Waals surface area (Å²) in [6.07, 6.45) is 7.82. The Morgan fingerprint density at radius 3 is 2.26 bits per heavy atom. The summed E-state index contributed by atoms with van der Waals surface area (Å²) >= 11 is 0. The highest BCUT2D eigenvalue weighted by atomic mass is 14.8. The van der Waals surface area contributed by atoms with Crippen LogP contribution in [0.1, 0.15) is 72.3 Å². The summed E-state index contributed by atoms with van der Waals surface area (Å²) in [4.78, 5) is 0. The van der Waals surface area contributed by atoms with Crippen molar-refractivity contribution in [2.45, 2.75) is 73.1 Å². The largest absolute Gasteiger partial charge is 0.316 e. The molecule has 2 atom stereocenters. The molecule has 0 aliphatic rings. The number of rotatable bonds is 12. The van der Waals surface area contributed by atoms with E-state index in [1.165, 1.54) is 50.6 Å². The molecular formula is C22H39N. The maximum Gasteiger partial charge on any atom is -0.00200 e. The van der Waals surface area contributed by atoms with E-state index in [-0.39, 0.29) is 0 Å². The first-order chi connectivity index (χ1) is 11.0. The molecule has 0 spiro atoms. The molecule has 23 heavy (non-hydrogen) atoms. The summed E-state index contributed by atoms with van der Waals surface area (Å²) < 4.78 is 0. The summed E-state index contributed by atoms with van der Waals surface area (Å²) in [5.74, 6) is 1.57. The summed E-state index contributed by atoms with van der Waals surface area (Å²) in [5.41, 5.74) is 2.00. The minimum absolute atomic E-state index is 0.543. The molecule has 1 rings (SSSR count). The van der Waals surface area contributed by atoms with Crippen LogP contribution < -0.4 is 5.32 Å². The molecule has 0 aromatic heterocycles. The summed E-state index contributed by atoms with van der Waals surface area (Å²) in [5, 5.41) is 3.69. The fourth-order valence-electron chi connectivity index (χ4n) is 3.43. The second kappa shape index (κ2) is 10.9. The van der Waals surface area contributed by atoms with Crippen LogP contribution in [0.4, 0.5) is 0 Å². The molecule has 0 bridgehead atoms. The van der Waals surface area contributed by atoms with E-state index in [1.807, 2.05) is 0 Å². The Kier molecular flexibility index (Phi) is 9.55. The van der Waals surface area contributed by atoms with Crippen LogP contribution in [0.15, 0.2) is 30.3 Å². The van der Waals surface area contributed by atoms with Gasteiger partial charge in [-0.05, 0) is 55.2 Å². The Morgan fingerprint density at radius 1 is 1.04 bits per heavy atom. The number of hydrogen-bond donors (Lipinski definition) is 1. The van der Waals surface area contributed by atoms with Crippen molar-refractivity contribution in [1.29, 1.82) is 0 Å². The molecule has 2 unspecified atom stereocenters. The molecule has 0 saturated heterocycles. The lowest BCUT2D eigenvalue weighted by molar-refractivity contribution is 0.209. The molecule has 1 aromatic carbocycles. The predicted octanol–water partition coefficient (Wildman–Crippen LogP) is 6.09. The monoisotopic (exact) mass is 317 g/mol. The lowest BCUT2D eigenvalue weighted by atomic mass is 9.75. The highest BCUT2D eigenvalue weighted by molar-refractivity contribution is 5.15. The molecule has 0 heterocycles. The molecule has 1 aromatic rings. The molecule has 0 aliphatic carbocycles. The van der Waals surface area contributed by atoms with E-state index in [1.54, 1.807) is 0 Å². The lowest BCUT2D eigenvalue weighted by Crippen LogP contribution is -2.26. The number of nitrogens with one attached hydrogen (secondary N) is 1. The highest BCUT2D eigenvalue weighted by Gasteiger charge is 2.23. The topological polar surface area (TPSA) is 12.0 Å². The van der Waals surface area contributed by atoms with Crippen LogP contribution in [-0.2, 0) is 6.42 Å². The average Bonchev–Trinajstić information content (AvgIpc) is 2.58. The van der Waals surface area contributed by atoms with E-state index in [0.29, 0.717) is 11.3 Å². The van der Waals surface area contributed by atoms with Gasteiger partial charge in [-0.15, -0.1) is 0 Å². The van der Waals surface area contributed by atoms with Gasteiger partial charge in [0.1, 0.15) is 0 Å². The third kappa shape index (κ3) is 8.01. The van der Waals surface area contributed by atoms with Crippen molar-refractivity contribution < 1.29 is 0 Å². The Labute approximate surface area is 145 Å². The van der Waals surface area contributed by atoms with Gasteiger partial charge in [-0.25, -0.2) is 0 Å². The average molecular weight is 318 g/mol. The highest BCUT2D eigenvalue weighted by Crippen LogP contribution is 2.35. The van der Waals surface area contributed by atoms with Crippen LogP contribution in [0.2, 0.25) is 0 Å². The van der Waals surface area contributed by atoms with Gasteiger partial charge in [-0.2, -0.15) is 0 Å². The zero-order chi connectivity index (χ0) is 17.1. The van der Waals surface area contributed by atoms with E-state index in [4.69, 9.17) is 0 Å². The molecule has 0 amide bonds. The van der Waals surface area contributed by atoms with E-state index in [2.05, 4.69) is 70.3 Å². The Hall–Kier alpha value is -0.820. The summed E-state index contributed by atoms with van der Waals surface area (Å²) in [7, 11) is 0. The van der Waals surface area contributed by atoms with Crippen LogP contribution in [0, 0.1) is 17.3 Å². The van der Waals surface area contributed by atoms with Crippen LogP contribution >= 0.6 is 0 Å². The Balaban J connectivity index is 2.24. The molecule has 1 N–H and O–H groups in total. The van der Waals surface area contributed by atoms with Crippen molar-refractivity contribution in [2.75, 3.05) is 13.1 Å². The van der Waals surface area contributed by atoms with Crippen molar-refractivity contribution in [1.82, 2.24) is 5.32 Å². The molecule has 0 radical (unpaired) electrons. The zero-order valence-electron chi connectivity index (χ0n) is 16.2. The Bertz CT molecular complexity index is 394. The molecule has 1 heteroatoms. The van der Waals surface area contributed by atoms with Crippen LogP contribution in [0.25, 0.3) is 0 Å². The second-order valence-electron chi connectivity index (χ2n) is 7.78. The van der Waals surface area contributed by atoms with E-state index >= 15 is 0 Å². The molecule has 0 aliphatic heterocycles. The van der Waals surface area contributed by atoms with Gasteiger partial charge in [0.25, 0.3) is 0 Å². The van der Waals surface area contributed by atoms with Crippen molar-refractivity contribution in [3.8, 4) is 0 Å². The maximum absolute atomic E-state index is 3.69. The maximum atomic E-state index is 3.69. The third-order valence-electron chi connectivity index (χ3n) is 5.72. The molecular weight excluding hydrogens is 278 g/mol. The van der Waals surface area contributed by atoms with Crippen LogP contribution in [0.3, 0.4) is 0 Å². The molecule has 0 fully saturated rings. The van der Waals surface area contributed by atoms with Gasteiger partial charge in [-0.3, -0.25) is 0 Å². The molecule has 132 valence electrons. The fourth-order valence-corrected chi connectivity index (χ4v) is 3.43. The second-order valence-corrected chi connectivity index (χ2v) is 7.78. The predicted molar refractivity (Wildman–Crippen MR) is 104 cm³/mol. The Morgan fingerprint density at radius 2 is 1.70 bits per heavy atom. The summed E-state index contributed by atoms with van der Waals surface area (Å²) in [6.45, 7) is 14.2. The third-order valence-corrected chi connectivity index (χ3v) is 5.72. The summed E-state index contributed by atoms with van der Waals surface area (Å²) in [6, 6.07) is 10.8. The van der Waals surface area contributed by atoms with Crippen LogP contribution in [0.5, 0.6) is 0 Å². The van der Waals surface area contributed by atoms with Gasteiger partial charge < -0.3 is 5.32 Å². The van der Waals surface area contributed by atoms with Gasteiger partial charge in [-0.1, -0.05) is 84.2 Å². The van der Waals surface area contributed by atoms with E-state index in [0.717, 1.165) is 12.5 Å². The molecule has 1 nitrogen and oxygen atoms in total. The number of benzene rings is 1. The number of hydrogen-bond acceptors (Lipinski definition) is 1. The van der Waals surface area contributed by atoms with Crippen molar-refractivity contribution in [2.24, 2.45) is 17.3 Å². The minimum Gasteiger partial charge on any atom is -0.316 e. The van der Waals surface area contributed by atoms with Gasteiger partial charge in [0, 0.05) is 0 Å². The van der Waals surface area contributed by atoms with E-state index in [9.17, 15) is 0 Å². The smallest absolute Gasteiger partial charge is 0.00200 e. The van der Waals surface area contributed by atoms with Gasteiger partial charge in [0.15, 0.2) is 0 Å². The van der Waals surface area contributed by atoms with Crippen molar-refractivity contribution in [3.05, 3.63) is 35.9 Å². The van der Waals surface area contributed by atoms with Gasteiger partial charge in [0.2, 0.25) is 0 Å². The van der Waals surface area contributed by atoms with Crippen molar-refractivity contribution in [3.63, 3.8) is 0 Å². The normalized spacial score (nSPS) is 14.7. The van der Waals surface area contributed by atoms with E-state index < -0.39 is 0 Å². The lowest BCUT2D eigenvalue weighted by Gasteiger charge is -2.31.